The van der Waals surface area contributed by atoms with Crippen LogP contribution in [0, 0.1) is 34.0 Å². The van der Waals surface area contributed by atoms with Crippen molar-refractivity contribution in [1.29, 1.82) is 5.26 Å². The molecule has 2 aliphatic rings. The largest absolute Gasteiger partial charge is 0.471 e. The molecule has 1 aliphatic carbocycles. The maximum absolute atomic E-state index is 13.6. The number of likely N-dealkylation sites (tertiary alicyclic amines) is 1. The number of halogens is 3. The monoisotopic (exact) mass is 519 g/mol. The van der Waals surface area contributed by atoms with E-state index in [4.69, 9.17) is 0 Å². The van der Waals surface area contributed by atoms with Crippen molar-refractivity contribution in [3.05, 3.63) is 30.1 Å². The molecule has 2 unspecified atom stereocenters. The minimum absolute atomic E-state index is 0.0507. The molecule has 4 rings (SSSR count). The van der Waals surface area contributed by atoms with Gasteiger partial charge in [0, 0.05) is 6.54 Å². The van der Waals surface area contributed by atoms with E-state index in [-0.39, 0.29) is 29.5 Å². The lowest BCUT2D eigenvalue weighted by molar-refractivity contribution is -0.176. The van der Waals surface area contributed by atoms with E-state index >= 15 is 0 Å². The van der Waals surface area contributed by atoms with Gasteiger partial charge in [0.2, 0.25) is 11.8 Å². The van der Waals surface area contributed by atoms with Gasteiger partial charge in [-0.05, 0) is 40.9 Å². The maximum Gasteiger partial charge on any atom is 0.471 e. The summed E-state index contributed by atoms with van der Waals surface area (Å²) in [5, 5.41) is 22.5. The smallest absolute Gasteiger partial charge is 0.336 e. The molecule has 0 radical (unpaired) electrons. The lowest BCUT2D eigenvalue weighted by Gasteiger charge is -2.37. The number of piperidine rings is 1. The molecule has 3 heterocycles. The molecule has 2 fully saturated rings. The Bertz CT molecular complexity index is 1290. The van der Waals surface area contributed by atoms with E-state index in [2.05, 4.69) is 15.5 Å². The van der Waals surface area contributed by atoms with Crippen LogP contribution in [0.4, 0.5) is 13.2 Å². The van der Waals surface area contributed by atoms with Gasteiger partial charge in [0.25, 0.3) is 0 Å². The standard InChI is InChI=1S/C24H28F3N7O3/c1-22(2,3)18(31-21(37)24(25,26)27)20(36)33-11-13-16(23(13,4)5)17(33)19(35)30-15(10-28)14-7-6-12-8-9-29-34(12)32-14/h6-9,13,15-18H,11H2,1-5H3,(H,30,35)(H,31,37)/t13-,15?,16-,17-,18?/m0/s1. The molecule has 0 bridgehead atoms. The molecular weight excluding hydrogens is 491 g/mol. The number of hydrogen-bond donors (Lipinski definition) is 2. The Hall–Kier alpha value is -3.69. The van der Waals surface area contributed by atoms with Crippen molar-refractivity contribution in [1.82, 2.24) is 30.4 Å². The van der Waals surface area contributed by atoms with Crippen LogP contribution in [0.5, 0.6) is 0 Å². The third-order valence-electron chi connectivity index (χ3n) is 7.40. The molecule has 5 atom stereocenters. The topological polar surface area (TPSA) is 132 Å². The molecule has 10 nitrogen and oxygen atoms in total. The minimum atomic E-state index is -5.17. The summed E-state index contributed by atoms with van der Waals surface area (Å²) >= 11 is 0. The van der Waals surface area contributed by atoms with Gasteiger partial charge in [-0.15, -0.1) is 0 Å². The Labute approximate surface area is 211 Å². The molecule has 1 aliphatic heterocycles. The summed E-state index contributed by atoms with van der Waals surface area (Å²) in [4.78, 5) is 40.0. The highest BCUT2D eigenvalue weighted by molar-refractivity contribution is 5.95. The third kappa shape index (κ3) is 4.72. The molecule has 198 valence electrons. The fraction of sp³-hybridized carbons (Fsp3) is 0.583. The zero-order valence-electron chi connectivity index (χ0n) is 21.0. The third-order valence-corrected chi connectivity index (χ3v) is 7.40. The van der Waals surface area contributed by atoms with Crippen LogP contribution in [0.25, 0.3) is 5.52 Å². The Balaban J connectivity index is 1.60. The number of nitriles is 1. The molecule has 2 N–H and O–H groups in total. The van der Waals surface area contributed by atoms with Gasteiger partial charge in [0.15, 0.2) is 6.04 Å². The van der Waals surface area contributed by atoms with E-state index in [1.165, 1.54) is 36.5 Å². The Morgan fingerprint density at radius 1 is 1.16 bits per heavy atom. The zero-order valence-corrected chi connectivity index (χ0v) is 21.0. The number of alkyl halides is 3. The fourth-order valence-electron chi connectivity index (χ4n) is 5.22. The van der Waals surface area contributed by atoms with Crippen LogP contribution in [0.15, 0.2) is 24.4 Å². The number of fused-ring (bicyclic) bond motifs is 2. The quantitative estimate of drug-likeness (QED) is 0.621. The second kappa shape index (κ2) is 8.71. The van der Waals surface area contributed by atoms with Crippen molar-refractivity contribution in [3.8, 4) is 6.07 Å². The summed E-state index contributed by atoms with van der Waals surface area (Å²) in [5.41, 5.74) is -0.422. The second-order valence-corrected chi connectivity index (χ2v) is 11.2. The average Bonchev–Trinajstić information content (AvgIpc) is 3.21. The summed E-state index contributed by atoms with van der Waals surface area (Å²) in [6.07, 6.45) is -3.63. The first kappa shape index (κ1) is 26.4. The van der Waals surface area contributed by atoms with Crippen LogP contribution < -0.4 is 10.6 Å². The van der Waals surface area contributed by atoms with Gasteiger partial charge in [-0.1, -0.05) is 34.6 Å². The molecule has 2 aromatic heterocycles. The van der Waals surface area contributed by atoms with Crippen molar-refractivity contribution in [2.75, 3.05) is 6.54 Å². The Morgan fingerprint density at radius 3 is 2.43 bits per heavy atom. The van der Waals surface area contributed by atoms with Crippen molar-refractivity contribution >= 4 is 23.2 Å². The molecule has 3 amide bonds. The Morgan fingerprint density at radius 2 is 1.84 bits per heavy atom. The molecule has 37 heavy (non-hydrogen) atoms. The van der Waals surface area contributed by atoms with Crippen LogP contribution in [-0.2, 0) is 14.4 Å². The number of hydrogen-bond acceptors (Lipinski definition) is 6. The van der Waals surface area contributed by atoms with Gasteiger partial charge in [-0.2, -0.15) is 33.3 Å². The van der Waals surface area contributed by atoms with Crippen molar-refractivity contribution in [2.45, 2.75) is 58.9 Å². The predicted octanol–water partition coefficient (Wildman–Crippen LogP) is 1.99. The summed E-state index contributed by atoms with van der Waals surface area (Å²) in [5.74, 6) is -3.93. The van der Waals surface area contributed by atoms with Crippen LogP contribution in [0.3, 0.4) is 0 Å². The average molecular weight is 520 g/mol. The summed E-state index contributed by atoms with van der Waals surface area (Å²) in [6.45, 7) is 8.65. The first-order valence-corrected chi connectivity index (χ1v) is 11.8. The van der Waals surface area contributed by atoms with Crippen LogP contribution in [-0.4, -0.2) is 62.3 Å². The van der Waals surface area contributed by atoms with E-state index in [1.54, 1.807) is 18.2 Å². The summed E-state index contributed by atoms with van der Waals surface area (Å²) in [7, 11) is 0. The number of aromatic nitrogens is 3. The number of nitrogens with zero attached hydrogens (tertiary/aromatic N) is 5. The van der Waals surface area contributed by atoms with E-state index in [0.717, 1.165) is 0 Å². The highest BCUT2D eigenvalue weighted by Crippen LogP contribution is 2.65. The first-order chi connectivity index (χ1) is 17.1. The molecule has 2 aromatic rings. The second-order valence-electron chi connectivity index (χ2n) is 11.2. The van der Waals surface area contributed by atoms with Crippen LogP contribution in [0.2, 0.25) is 0 Å². The highest BCUT2D eigenvalue weighted by atomic mass is 19.4. The first-order valence-electron chi connectivity index (χ1n) is 11.8. The molecule has 1 saturated carbocycles. The normalized spacial score (nSPS) is 24.1. The van der Waals surface area contributed by atoms with Gasteiger partial charge in [0.1, 0.15) is 17.8 Å². The number of rotatable bonds is 5. The predicted molar refractivity (Wildman–Crippen MR) is 123 cm³/mol. The SMILES string of the molecule is CC(C)(C)C(NC(=O)C(F)(F)F)C(=O)N1C[C@H]2[C@@H]([C@H]1C(=O)NC(C#N)c1ccc3ccnn3n1)C2(C)C. The lowest BCUT2D eigenvalue weighted by Crippen LogP contribution is -2.60. The molecule has 1 saturated heterocycles. The van der Waals surface area contributed by atoms with Crippen molar-refractivity contribution in [2.24, 2.45) is 22.7 Å². The van der Waals surface area contributed by atoms with Gasteiger partial charge in [-0.25, -0.2) is 0 Å². The fourth-order valence-corrected chi connectivity index (χ4v) is 5.22. The van der Waals surface area contributed by atoms with E-state index in [1.807, 2.05) is 25.2 Å². The van der Waals surface area contributed by atoms with Crippen LogP contribution >= 0.6 is 0 Å². The van der Waals surface area contributed by atoms with E-state index in [9.17, 15) is 32.8 Å². The molecular formula is C24H28F3N7O3. The van der Waals surface area contributed by atoms with Crippen LogP contribution in [0.1, 0.15) is 46.4 Å². The number of nitrogens with one attached hydrogen (secondary N) is 2. The summed E-state index contributed by atoms with van der Waals surface area (Å²) < 4.78 is 40.3. The minimum Gasteiger partial charge on any atom is -0.336 e. The van der Waals surface area contributed by atoms with Gasteiger partial charge in [-0.3, -0.25) is 14.4 Å². The number of carbonyl (C=O) groups is 3. The number of amides is 3. The van der Waals surface area contributed by atoms with Gasteiger partial charge >= 0.3 is 12.1 Å². The van der Waals surface area contributed by atoms with E-state index in [0.29, 0.717) is 5.52 Å². The van der Waals surface area contributed by atoms with Crippen molar-refractivity contribution < 1.29 is 27.6 Å². The zero-order chi connectivity index (χ0) is 27.5. The number of carbonyl (C=O) groups excluding carboxylic acids is 3. The molecule has 0 spiro atoms. The Kier molecular flexibility index (Phi) is 6.21. The van der Waals surface area contributed by atoms with E-state index < -0.39 is 47.4 Å². The lowest BCUT2D eigenvalue weighted by atomic mass is 9.85. The molecule has 0 aromatic carbocycles. The highest BCUT2D eigenvalue weighted by Gasteiger charge is 2.70. The maximum atomic E-state index is 13.6. The van der Waals surface area contributed by atoms with Gasteiger partial charge in [0.05, 0.1) is 17.8 Å². The summed E-state index contributed by atoms with van der Waals surface area (Å²) in [6, 6.07) is 3.28. The van der Waals surface area contributed by atoms with Gasteiger partial charge < -0.3 is 15.5 Å². The van der Waals surface area contributed by atoms with Crippen molar-refractivity contribution in [3.63, 3.8) is 0 Å². The molecule has 13 heteroatoms.